The van der Waals surface area contributed by atoms with Crippen molar-refractivity contribution in [3.05, 3.63) is 53.6 Å². The lowest BCUT2D eigenvalue weighted by Gasteiger charge is -2.17. The molecule has 0 aliphatic heterocycles. The number of hydrogen-bond acceptors (Lipinski definition) is 2. The van der Waals surface area contributed by atoms with Gasteiger partial charge in [-0.15, -0.1) is 0 Å². The summed E-state index contributed by atoms with van der Waals surface area (Å²) >= 11 is 0. The summed E-state index contributed by atoms with van der Waals surface area (Å²) in [5.74, 6) is 0.0910. The number of amides is 1. The molecular formula is C20H26N2O. The quantitative estimate of drug-likeness (QED) is 0.827. The van der Waals surface area contributed by atoms with Gasteiger partial charge >= 0.3 is 0 Å². The van der Waals surface area contributed by atoms with Crippen molar-refractivity contribution in [1.29, 1.82) is 0 Å². The molecule has 23 heavy (non-hydrogen) atoms. The van der Waals surface area contributed by atoms with Crippen molar-refractivity contribution in [2.75, 3.05) is 5.73 Å². The summed E-state index contributed by atoms with van der Waals surface area (Å²) in [4.78, 5) is 11.9. The first kappa shape index (κ1) is 17.1. The predicted octanol–water partition coefficient (Wildman–Crippen LogP) is 4.30. The molecule has 0 radical (unpaired) electrons. The molecular weight excluding hydrogens is 284 g/mol. The molecule has 0 fully saturated rings. The van der Waals surface area contributed by atoms with E-state index in [1.807, 2.05) is 18.2 Å². The summed E-state index contributed by atoms with van der Waals surface area (Å²) in [6.45, 7) is 8.83. The minimum Gasteiger partial charge on any atom is -0.399 e. The minimum absolute atomic E-state index is 0.0126. The van der Waals surface area contributed by atoms with Crippen molar-refractivity contribution in [3.63, 3.8) is 0 Å². The van der Waals surface area contributed by atoms with Gasteiger partial charge in [0.1, 0.15) is 0 Å². The lowest BCUT2D eigenvalue weighted by atomic mass is 9.92. The lowest BCUT2D eigenvalue weighted by Crippen LogP contribution is -2.27. The fourth-order valence-corrected chi connectivity index (χ4v) is 2.50. The van der Waals surface area contributed by atoms with E-state index >= 15 is 0 Å². The number of anilines is 1. The Morgan fingerprint density at radius 1 is 1.09 bits per heavy atom. The summed E-state index contributed by atoms with van der Waals surface area (Å²) in [6.07, 6.45) is 0.535. The standard InChI is InChI=1S/C20H26N2O/c1-14-5-10-17(21)11-18(14)16-8-6-15(7-9-16)13-22-19(23)12-20(2,3)4/h5-11H,12-13,21H2,1-4H3,(H,22,23). The van der Waals surface area contributed by atoms with Crippen molar-refractivity contribution in [1.82, 2.24) is 5.32 Å². The highest BCUT2D eigenvalue weighted by molar-refractivity contribution is 5.76. The molecule has 0 aliphatic carbocycles. The molecule has 0 saturated heterocycles. The van der Waals surface area contributed by atoms with Crippen LogP contribution in [0.25, 0.3) is 11.1 Å². The van der Waals surface area contributed by atoms with Crippen molar-refractivity contribution in [3.8, 4) is 11.1 Å². The van der Waals surface area contributed by atoms with E-state index in [1.54, 1.807) is 0 Å². The summed E-state index contributed by atoms with van der Waals surface area (Å²) in [5, 5.41) is 2.98. The van der Waals surface area contributed by atoms with E-state index in [2.05, 4.69) is 57.3 Å². The molecule has 0 saturated carbocycles. The smallest absolute Gasteiger partial charge is 0.220 e. The van der Waals surface area contributed by atoms with Crippen LogP contribution in [-0.2, 0) is 11.3 Å². The van der Waals surface area contributed by atoms with E-state index in [9.17, 15) is 4.79 Å². The molecule has 2 aromatic rings. The van der Waals surface area contributed by atoms with Crippen LogP contribution in [-0.4, -0.2) is 5.91 Å². The Labute approximate surface area is 138 Å². The minimum atomic E-state index is 0.0126. The number of carbonyl (C=O) groups excluding carboxylic acids is 1. The summed E-state index contributed by atoms with van der Waals surface area (Å²) in [7, 11) is 0. The van der Waals surface area contributed by atoms with Crippen LogP contribution in [0.15, 0.2) is 42.5 Å². The summed E-state index contributed by atoms with van der Waals surface area (Å²) in [5.41, 5.74) is 11.2. The second-order valence-corrected chi connectivity index (χ2v) is 7.29. The monoisotopic (exact) mass is 310 g/mol. The molecule has 0 atom stereocenters. The van der Waals surface area contributed by atoms with Gasteiger partial charge in [0.25, 0.3) is 0 Å². The van der Waals surface area contributed by atoms with Crippen LogP contribution < -0.4 is 11.1 Å². The molecule has 2 aromatic carbocycles. The molecule has 0 aliphatic rings. The summed E-state index contributed by atoms with van der Waals surface area (Å²) in [6, 6.07) is 14.2. The van der Waals surface area contributed by atoms with Crippen LogP contribution in [0.4, 0.5) is 5.69 Å². The van der Waals surface area contributed by atoms with Gasteiger partial charge in [-0.2, -0.15) is 0 Å². The first-order valence-electron chi connectivity index (χ1n) is 7.97. The van der Waals surface area contributed by atoms with Gasteiger partial charge in [-0.1, -0.05) is 51.1 Å². The zero-order chi connectivity index (χ0) is 17.0. The van der Waals surface area contributed by atoms with E-state index < -0.39 is 0 Å². The van der Waals surface area contributed by atoms with Gasteiger partial charge in [-0.3, -0.25) is 4.79 Å². The van der Waals surface area contributed by atoms with Crippen LogP contribution in [0.1, 0.15) is 38.3 Å². The maximum absolute atomic E-state index is 11.9. The molecule has 3 nitrogen and oxygen atoms in total. The average Bonchev–Trinajstić information content (AvgIpc) is 2.46. The van der Waals surface area contributed by atoms with Gasteiger partial charge in [-0.05, 0) is 46.7 Å². The zero-order valence-electron chi connectivity index (χ0n) is 14.4. The van der Waals surface area contributed by atoms with Crippen LogP contribution >= 0.6 is 0 Å². The highest BCUT2D eigenvalue weighted by atomic mass is 16.1. The zero-order valence-corrected chi connectivity index (χ0v) is 14.4. The second-order valence-electron chi connectivity index (χ2n) is 7.29. The normalized spacial score (nSPS) is 11.3. The fraction of sp³-hybridized carbons (Fsp3) is 0.350. The van der Waals surface area contributed by atoms with Gasteiger partial charge in [0.2, 0.25) is 5.91 Å². The van der Waals surface area contributed by atoms with Gasteiger partial charge in [0, 0.05) is 18.7 Å². The van der Waals surface area contributed by atoms with Crippen molar-refractivity contribution in [2.45, 2.75) is 40.7 Å². The highest BCUT2D eigenvalue weighted by Crippen LogP contribution is 2.26. The Kier molecular flexibility index (Phi) is 5.09. The number of nitrogens with one attached hydrogen (secondary N) is 1. The number of hydrogen-bond donors (Lipinski definition) is 2. The molecule has 0 bridgehead atoms. The SMILES string of the molecule is Cc1ccc(N)cc1-c1ccc(CNC(=O)CC(C)(C)C)cc1. The van der Waals surface area contributed by atoms with Gasteiger partial charge in [-0.25, -0.2) is 0 Å². The number of aryl methyl sites for hydroxylation is 1. The molecule has 0 heterocycles. The highest BCUT2D eigenvalue weighted by Gasteiger charge is 2.15. The van der Waals surface area contributed by atoms with Crippen molar-refractivity contribution < 1.29 is 4.79 Å². The molecule has 3 N–H and O–H groups in total. The Morgan fingerprint density at radius 2 is 1.74 bits per heavy atom. The molecule has 3 heteroatoms. The predicted molar refractivity (Wildman–Crippen MR) is 96.9 cm³/mol. The maximum atomic E-state index is 11.9. The first-order chi connectivity index (χ1) is 10.7. The number of nitrogens with two attached hydrogens (primary N) is 1. The fourth-order valence-electron chi connectivity index (χ4n) is 2.50. The van der Waals surface area contributed by atoms with E-state index in [0.717, 1.165) is 22.4 Å². The molecule has 122 valence electrons. The Bertz CT molecular complexity index is 682. The van der Waals surface area contributed by atoms with Crippen LogP contribution in [0.5, 0.6) is 0 Å². The number of nitrogen functional groups attached to an aromatic ring is 1. The molecule has 0 spiro atoms. The van der Waals surface area contributed by atoms with Crippen molar-refractivity contribution in [2.24, 2.45) is 5.41 Å². The van der Waals surface area contributed by atoms with E-state index in [0.29, 0.717) is 13.0 Å². The Hall–Kier alpha value is -2.29. The Morgan fingerprint density at radius 3 is 2.35 bits per heavy atom. The average molecular weight is 310 g/mol. The second kappa shape index (κ2) is 6.86. The number of rotatable bonds is 4. The molecule has 0 aromatic heterocycles. The number of benzene rings is 2. The first-order valence-corrected chi connectivity index (χ1v) is 7.97. The topological polar surface area (TPSA) is 55.1 Å². The van der Waals surface area contributed by atoms with Gasteiger partial charge in [0.05, 0.1) is 0 Å². The third kappa shape index (κ3) is 5.13. The largest absolute Gasteiger partial charge is 0.399 e. The van der Waals surface area contributed by atoms with E-state index in [1.165, 1.54) is 5.56 Å². The molecule has 1 amide bonds. The number of carbonyl (C=O) groups is 1. The third-order valence-electron chi connectivity index (χ3n) is 3.71. The molecule has 0 unspecified atom stereocenters. The van der Waals surface area contributed by atoms with Gasteiger partial charge in [0.15, 0.2) is 0 Å². The van der Waals surface area contributed by atoms with Gasteiger partial charge < -0.3 is 11.1 Å². The molecule has 2 rings (SSSR count). The third-order valence-corrected chi connectivity index (χ3v) is 3.71. The van der Waals surface area contributed by atoms with Crippen LogP contribution in [0.2, 0.25) is 0 Å². The lowest BCUT2D eigenvalue weighted by molar-refractivity contribution is -0.122. The Balaban J connectivity index is 2.03. The van der Waals surface area contributed by atoms with E-state index in [4.69, 9.17) is 5.73 Å². The van der Waals surface area contributed by atoms with E-state index in [-0.39, 0.29) is 11.3 Å². The summed E-state index contributed by atoms with van der Waals surface area (Å²) < 4.78 is 0. The van der Waals surface area contributed by atoms with Crippen LogP contribution in [0, 0.1) is 12.3 Å². The van der Waals surface area contributed by atoms with Crippen LogP contribution in [0.3, 0.4) is 0 Å². The maximum Gasteiger partial charge on any atom is 0.220 e. The van der Waals surface area contributed by atoms with Crippen molar-refractivity contribution >= 4 is 11.6 Å².